The van der Waals surface area contributed by atoms with Crippen molar-refractivity contribution in [2.45, 2.75) is 76.7 Å². The fourth-order valence-electron chi connectivity index (χ4n) is 4.25. The molecule has 0 radical (unpaired) electrons. The first-order valence-corrected chi connectivity index (χ1v) is 13.1. The van der Waals surface area contributed by atoms with Crippen LogP contribution < -0.4 is 0 Å². The Hall–Kier alpha value is -1.85. The molecule has 0 heterocycles. The van der Waals surface area contributed by atoms with Crippen LogP contribution in [0.5, 0.6) is 0 Å². The minimum absolute atomic E-state index is 0.192. The third-order valence-corrected chi connectivity index (χ3v) is 6.66. The molecule has 1 aliphatic rings. The summed E-state index contributed by atoms with van der Waals surface area (Å²) in [6.07, 6.45) is 8.90. The van der Waals surface area contributed by atoms with Crippen LogP contribution in [0.4, 0.5) is 4.79 Å². The van der Waals surface area contributed by atoms with Crippen LogP contribution in [0, 0.1) is 0 Å². The molecule has 0 spiro atoms. The van der Waals surface area contributed by atoms with Gasteiger partial charge in [-0.15, -0.1) is 0 Å². The summed E-state index contributed by atoms with van der Waals surface area (Å²) in [5, 5.41) is 1.09. The van der Waals surface area contributed by atoms with Crippen molar-refractivity contribution in [3.63, 3.8) is 0 Å². The van der Waals surface area contributed by atoms with Crippen molar-refractivity contribution in [1.29, 1.82) is 0 Å². The molecule has 1 saturated carbocycles. The number of halogens is 1. The second-order valence-electron chi connectivity index (χ2n) is 8.56. The van der Waals surface area contributed by atoms with Crippen LogP contribution in [-0.2, 0) is 22.6 Å². The fraction of sp³-hybridized carbons (Fsp3) is 0.519. The largest absolute Gasteiger partial charge is 0.445 e. The average molecular weight is 502 g/mol. The molecule has 0 N–H and O–H groups in total. The van der Waals surface area contributed by atoms with E-state index in [-0.39, 0.29) is 12.1 Å². The Balaban J connectivity index is 1.50. The summed E-state index contributed by atoms with van der Waals surface area (Å²) in [6.45, 7) is 1.74. The highest BCUT2D eigenvalue weighted by Crippen LogP contribution is 2.27. The highest BCUT2D eigenvalue weighted by atomic mass is 79.9. The lowest BCUT2D eigenvalue weighted by Crippen LogP contribution is -2.43. The lowest BCUT2D eigenvalue weighted by atomic mass is 9.91. The third kappa shape index (κ3) is 8.59. The van der Waals surface area contributed by atoms with Crippen LogP contribution in [0.2, 0.25) is 0 Å². The van der Waals surface area contributed by atoms with E-state index in [0.717, 1.165) is 55.2 Å². The molecule has 1 fully saturated rings. The van der Waals surface area contributed by atoms with E-state index in [1.54, 1.807) is 0 Å². The molecule has 0 atom stereocenters. The highest BCUT2D eigenvalue weighted by molar-refractivity contribution is 9.09. The van der Waals surface area contributed by atoms with Crippen molar-refractivity contribution >= 4 is 22.0 Å². The standard InChI is InChI=1S/C27H36BrNO3/c28-19-9-1-2-10-20-31-26-17-15-25(16-18-26)29(21-23-11-5-3-6-12-23)27(30)32-22-24-13-7-4-8-14-24/h3-8,11-14,25-26H,1-2,9-10,15-22H2. The van der Waals surface area contributed by atoms with Crippen LogP contribution in [0.15, 0.2) is 60.7 Å². The van der Waals surface area contributed by atoms with Crippen LogP contribution in [0.25, 0.3) is 0 Å². The van der Waals surface area contributed by atoms with E-state index in [4.69, 9.17) is 9.47 Å². The Kier molecular flexibility index (Phi) is 11.1. The van der Waals surface area contributed by atoms with Crippen LogP contribution in [-0.4, -0.2) is 35.1 Å². The minimum Gasteiger partial charge on any atom is -0.445 e. The van der Waals surface area contributed by atoms with E-state index >= 15 is 0 Å². The number of ether oxygens (including phenoxy) is 2. The summed E-state index contributed by atoms with van der Waals surface area (Å²) in [4.78, 5) is 15.0. The van der Waals surface area contributed by atoms with Gasteiger partial charge < -0.3 is 14.4 Å². The molecule has 4 nitrogen and oxygen atoms in total. The topological polar surface area (TPSA) is 38.8 Å². The fourth-order valence-corrected chi connectivity index (χ4v) is 4.65. The zero-order valence-electron chi connectivity index (χ0n) is 19.0. The van der Waals surface area contributed by atoms with Gasteiger partial charge in [-0.25, -0.2) is 4.79 Å². The maximum atomic E-state index is 13.1. The zero-order chi connectivity index (χ0) is 22.4. The van der Waals surface area contributed by atoms with E-state index in [0.29, 0.717) is 19.3 Å². The van der Waals surface area contributed by atoms with Gasteiger partial charge in [0.1, 0.15) is 6.61 Å². The first kappa shape index (κ1) is 24.8. The predicted octanol–water partition coefficient (Wildman–Crippen LogP) is 7.11. The van der Waals surface area contributed by atoms with Gasteiger partial charge in [-0.3, -0.25) is 0 Å². The van der Waals surface area contributed by atoms with Gasteiger partial charge in [-0.1, -0.05) is 89.4 Å². The molecule has 0 unspecified atom stereocenters. The Labute approximate surface area is 201 Å². The molecule has 174 valence electrons. The van der Waals surface area contributed by atoms with Crippen molar-refractivity contribution in [3.05, 3.63) is 71.8 Å². The number of alkyl halides is 1. The molecule has 1 aliphatic carbocycles. The summed E-state index contributed by atoms with van der Waals surface area (Å²) in [6, 6.07) is 20.2. The number of nitrogens with zero attached hydrogens (tertiary/aromatic N) is 1. The monoisotopic (exact) mass is 501 g/mol. The molecule has 5 heteroatoms. The number of benzene rings is 2. The SMILES string of the molecule is O=C(OCc1ccccc1)N(Cc1ccccc1)C1CCC(OCCCCCCBr)CC1. The van der Waals surface area contributed by atoms with Crippen molar-refractivity contribution < 1.29 is 14.3 Å². The molecule has 3 rings (SSSR count). The van der Waals surface area contributed by atoms with Gasteiger partial charge in [-0.05, 0) is 49.7 Å². The Morgan fingerprint density at radius 3 is 2.12 bits per heavy atom. The summed E-state index contributed by atoms with van der Waals surface area (Å²) in [7, 11) is 0. The third-order valence-electron chi connectivity index (χ3n) is 6.10. The molecular formula is C27H36BrNO3. The predicted molar refractivity (Wildman–Crippen MR) is 133 cm³/mol. The number of hydrogen-bond acceptors (Lipinski definition) is 3. The second-order valence-corrected chi connectivity index (χ2v) is 9.35. The van der Waals surface area contributed by atoms with Gasteiger partial charge in [0.15, 0.2) is 0 Å². The molecule has 1 amide bonds. The molecule has 0 aromatic heterocycles. The lowest BCUT2D eigenvalue weighted by molar-refractivity contribution is 0.00199. The molecule has 0 bridgehead atoms. The van der Waals surface area contributed by atoms with Gasteiger partial charge in [0, 0.05) is 24.5 Å². The number of rotatable bonds is 12. The van der Waals surface area contributed by atoms with Gasteiger partial charge in [-0.2, -0.15) is 0 Å². The minimum atomic E-state index is -0.228. The van der Waals surface area contributed by atoms with Crippen molar-refractivity contribution in [2.75, 3.05) is 11.9 Å². The molecule has 0 aliphatic heterocycles. The van der Waals surface area contributed by atoms with Gasteiger partial charge >= 0.3 is 6.09 Å². The number of hydrogen-bond donors (Lipinski definition) is 0. The number of carbonyl (C=O) groups excluding carboxylic acids is 1. The van der Waals surface area contributed by atoms with Gasteiger partial charge in [0.2, 0.25) is 0 Å². The summed E-state index contributed by atoms with van der Waals surface area (Å²) in [5.74, 6) is 0. The summed E-state index contributed by atoms with van der Waals surface area (Å²) in [5.41, 5.74) is 2.14. The van der Waals surface area contributed by atoms with E-state index in [9.17, 15) is 4.79 Å². The van der Waals surface area contributed by atoms with Gasteiger partial charge in [0.05, 0.1) is 6.10 Å². The molecular weight excluding hydrogens is 466 g/mol. The number of amides is 1. The van der Waals surface area contributed by atoms with Crippen LogP contribution >= 0.6 is 15.9 Å². The molecule has 32 heavy (non-hydrogen) atoms. The Morgan fingerprint density at radius 1 is 0.844 bits per heavy atom. The van der Waals surface area contributed by atoms with Crippen LogP contribution in [0.1, 0.15) is 62.5 Å². The van der Waals surface area contributed by atoms with Crippen LogP contribution in [0.3, 0.4) is 0 Å². The number of unbranched alkanes of at least 4 members (excludes halogenated alkanes) is 3. The smallest absolute Gasteiger partial charge is 0.410 e. The van der Waals surface area contributed by atoms with Crippen molar-refractivity contribution in [3.8, 4) is 0 Å². The Morgan fingerprint density at radius 2 is 1.47 bits per heavy atom. The molecule has 2 aromatic rings. The zero-order valence-corrected chi connectivity index (χ0v) is 20.5. The average Bonchev–Trinajstić information content (AvgIpc) is 2.85. The number of carbonyl (C=O) groups is 1. The van der Waals surface area contributed by atoms with E-state index in [1.807, 2.05) is 53.4 Å². The quantitative estimate of drug-likeness (QED) is 0.229. The maximum absolute atomic E-state index is 13.1. The van der Waals surface area contributed by atoms with Gasteiger partial charge in [0.25, 0.3) is 0 Å². The normalized spacial score (nSPS) is 18.3. The second kappa shape index (κ2) is 14.3. The van der Waals surface area contributed by atoms with E-state index in [2.05, 4.69) is 28.1 Å². The summed E-state index contributed by atoms with van der Waals surface area (Å²) < 4.78 is 11.8. The Bertz CT molecular complexity index is 763. The van der Waals surface area contributed by atoms with E-state index in [1.165, 1.54) is 19.3 Å². The molecule has 0 saturated heterocycles. The highest BCUT2D eigenvalue weighted by Gasteiger charge is 2.30. The van der Waals surface area contributed by atoms with Crippen molar-refractivity contribution in [2.24, 2.45) is 0 Å². The first-order chi connectivity index (χ1) is 15.8. The molecule has 2 aromatic carbocycles. The summed E-state index contributed by atoms with van der Waals surface area (Å²) >= 11 is 3.48. The van der Waals surface area contributed by atoms with E-state index < -0.39 is 0 Å². The first-order valence-electron chi connectivity index (χ1n) is 11.9. The maximum Gasteiger partial charge on any atom is 0.410 e. The van der Waals surface area contributed by atoms with Crippen molar-refractivity contribution in [1.82, 2.24) is 4.90 Å². The lowest BCUT2D eigenvalue weighted by Gasteiger charge is -2.36.